The molecule has 0 aliphatic heterocycles. The highest BCUT2D eigenvalue weighted by Crippen LogP contribution is 2.11. The normalized spacial score (nSPS) is 10.5. The van der Waals surface area contributed by atoms with Crippen LogP contribution in [0.4, 0.5) is 0 Å². The maximum atomic E-state index is 11.6. The Morgan fingerprint density at radius 3 is 2.79 bits per heavy atom. The van der Waals surface area contributed by atoms with E-state index in [1.807, 2.05) is 0 Å². The number of ether oxygens (including phenoxy) is 1. The lowest BCUT2D eigenvalue weighted by Gasteiger charge is -2.07. The number of aryl methyl sites for hydroxylation is 1. The van der Waals surface area contributed by atoms with E-state index < -0.39 is 13.1 Å². The maximum absolute atomic E-state index is 11.6. The van der Waals surface area contributed by atoms with E-state index in [2.05, 4.69) is 9.97 Å². The first kappa shape index (κ1) is 13.4. The molecule has 0 saturated carbocycles. The first-order valence-corrected chi connectivity index (χ1v) is 5.83. The van der Waals surface area contributed by atoms with Gasteiger partial charge in [-0.1, -0.05) is 6.07 Å². The molecule has 7 heteroatoms. The Labute approximate surface area is 110 Å². The fourth-order valence-corrected chi connectivity index (χ4v) is 1.80. The van der Waals surface area contributed by atoms with Crippen molar-refractivity contribution in [3.05, 3.63) is 29.6 Å². The fraction of sp³-hybridized carbons (Fsp3) is 0.250. The van der Waals surface area contributed by atoms with Crippen molar-refractivity contribution in [3.63, 3.8) is 0 Å². The first-order chi connectivity index (χ1) is 9.02. The van der Waals surface area contributed by atoms with Crippen LogP contribution in [0.15, 0.2) is 18.3 Å². The Kier molecular flexibility index (Phi) is 3.78. The molecule has 0 aliphatic rings. The summed E-state index contributed by atoms with van der Waals surface area (Å²) >= 11 is 0. The van der Waals surface area contributed by atoms with Crippen LogP contribution in [0.1, 0.15) is 23.0 Å². The number of benzene rings is 1. The van der Waals surface area contributed by atoms with Gasteiger partial charge in [0.05, 0.1) is 23.8 Å². The van der Waals surface area contributed by atoms with Gasteiger partial charge in [-0.15, -0.1) is 0 Å². The van der Waals surface area contributed by atoms with Crippen LogP contribution in [0, 0.1) is 6.92 Å². The van der Waals surface area contributed by atoms with Gasteiger partial charge in [0.15, 0.2) is 5.69 Å². The molecule has 0 fully saturated rings. The quantitative estimate of drug-likeness (QED) is 0.586. The molecule has 2 rings (SSSR count). The van der Waals surface area contributed by atoms with E-state index in [0.717, 1.165) is 5.56 Å². The number of hydrogen-bond acceptors (Lipinski definition) is 6. The number of rotatable bonds is 3. The average molecular weight is 260 g/mol. The molecular weight excluding hydrogens is 247 g/mol. The van der Waals surface area contributed by atoms with E-state index >= 15 is 0 Å². The molecule has 1 aromatic carbocycles. The summed E-state index contributed by atoms with van der Waals surface area (Å²) in [5, 5.41) is 18.6. The van der Waals surface area contributed by atoms with E-state index in [1.165, 1.54) is 6.20 Å². The van der Waals surface area contributed by atoms with Gasteiger partial charge in [0.2, 0.25) is 0 Å². The topological polar surface area (TPSA) is 92.5 Å². The number of carbonyl (C=O) groups excluding carboxylic acids is 1. The third-order valence-electron chi connectivity index (χ3n) is 2.58. The highest BCUT2D eigenvalue weighted by Gasteiger charge is 2.18. The minimum Gasteiger partial charge on any atom is -0.461 e. The predicted molar refractivity (Wildman–Crippen MR) is 70.1 cm³/mol. The number of hydrogen-bond donors (Lipinski definition) is 2. The van der Waals surface area contributed by atoms with Crippen LogP contribution in [0.5, 0.6) is 0 Å². The lowest BCUT2D eigenvalue weighted by molar-refractivity contribution is 0.0519. The van der Waals surface area contributed by atoms with Gasteiger partial charge in [0, 0.05) is 5.46 Å². The molecule has 0 unspecified atom stereocenters. The zero-order chi connectivity index (χ0) is 14.0. The molecule has 6 nitrogen and oxygen atoms in total. The van der Waals surface area contributed by atoms with E-state index in [9.17, 15) is 14.8 Å². The van der Waals surface area contributed by atoms with Crippen LogP contribution in [-0.2, 0) is 4.74 Å². The van der Waals surface area contributed by atoms with Crippen LogP contribution >= 0.6 is 0 Å². The highest BCUT2D eigenvalue weighted by atomic mass is 16.5. The van der Waals surface area contributed by atoms with Crippen LogP contribution < -0.4 is 5.46 Å². The molecule has 2 N–H and O–H groups in total. The lowest BCUT2D eigenvalue weighted by Crippen LogP contribution is -2.31. The summed E-state index contributed by atoms with van der Waals surface area (Å²) in [5.41, 5.74) is 1.93. The van der Waals surface area contributed by atoms with Gasteiger partial charge < -0.3 is 14.8 Å². The number of aromatic nitrogens is 2. The van der Waals surface area contributed by atoms with Crippen molar-refractivity contribution in [1.29, 1.82) is 0 Å². The molecular formula is C12H13BN2O4. The Morgan fingerprint density at radius 2 is 2.16 bits per heavy atom. The third-order valence-corrected chi connectivity index (χ3v) is 2.58. The van der Waals surface area contributed by atoms with Crippen LogP contribution in [0.25, 0.3) is 11.0 Å². The largest absolute Gasteiger partial charge is 0.490 e. The summed E-state index contributed by atoms with van der Waals surface area (Å²) in [7, 11) is -1.63. The Hall–Kier alpha value is -1.99. The monoisotopic (exact) mass is 260 g/mol. The lowest BCUT2D eigenvalue weighted by atomic mass is 9.78. The maximum Gasteiger partial charge on any atom is 0.490 e. The highest BCUT2D eigenvalue weighted by molar-refractivity contribution is 6.61. The van der Waals surface area contributed by atoms with Crippen molar-refractivity contribution in [2.75, 3.05) is 6.61 Å². The number of carbonyl (C=O) groups is 1. The molecule has 0 saturated heterocycles. The van der Waals surface area contributed by atoms with Gasteiger partial charge in [-0.3, -0.25) is 4.98 Å². The predicted octanol–water partition coefficient (Wildman–Crippen LogP) is -0.205. The average Bonchev–Trinajstić information content (AvgIpc) is 2.37. The van der Waals surface area contributed by atoms with Gasteiger partial charge in [-0.25, -0.2) is 9.78 Å². The van der Waals surface area contributed by atoms with Crippen molar-refractivity contribution in [2.45, 2.75) is 13.8 Å². The Balaban J connectivity index is 2.57. The van der Waals surface area contributed by atoms with Crippen LogP contribution in [0.3, 0.4) is 0 Å². The van der Waals surface area contributed by atoms with Crippen molar-refractivity contribution in [3.8, 4) is 0 Å². The van der Waals surface area contributed by atoms with E-state index in [-0.39, 0.29) is 17.8 Å². The summed E-state index contributed by atoms with van der Waals surface area (Å²) in [6.07, 6.45) is 1.27. The van der Waals surface area contributed by atoms with Crippen molar-refractivity contribution in [2.24, 2.45) is 0 Å². The molecule has 0 radical (unpaired) electrons. The summed E-state index contributed by atoms with van der Waals surface area (Å²) in [6.45, 7) is 3.76. The first-order valence-electron chi connectivity index (χ1n) is 5.83. The minimum atomic E-state index is -1.63. The van der Waals surface area contributed by atoms with Crippen molar-refractivity contribution >= 4 is 29.6 Å². The molecule has 1 aromatic heterocycles. The van der Waals surface area contributed by atoms with E-state index in [1.54, 1.807) is 26.0 Å². The molecule has 98 valence electrons. The number of esters is 1. The van der Waals surface area contributed by atoms with Crippen molar-refractivity contribution < 1.29 is 19.6 Å². The number of nitrogens with zero attached hydrogens (tertiary/aromatic N) is 2. The molecule has 0 atom stereocenters. The summed E-state index contributed by atoms with van der Waals surface area (Å²) in [5.74, 6) is -0.551. The van der Waals surface area contributed by atoms with Gasteiger partial charge >= 0.3 is 13.1 Å². The summed E-state index contributed by atoms with van der Waals surface area (Å²) in [6, 6.07) is 3.34. The molecule has 19 heavy (non-hydrogen) atoms. The van der Waals surface area contributed by atoms with Crippen LogP contribution in [-0.4, -0.2) is 39.7 Å². The SMILES string of the molecule is CCOC(=O)c1cnc2c(B(O)O)cc(C)cc2n1. The summed E-state index contributed by atoms with van der Waals surface area (Å²) < 4.78 is 4.84. The molecule has 0 bridgehead atoms. The molecule has 1 heterocycles. The molecule has 2 aromatic rings. The Bertz CT molecular complexity index is 630. The van der Waals surface area contributed by atoms with E-state index in [0.29, 0.717) is 11.0 Å². The standard InChI is InChI=1S/C12H13BN2O4/c1-3-19-12(16)10-6-14-11-8(13(17)18)4-7(2)5-9(11)15-10/h4-6,17-18H,3H2,1-2H3. The molecule has 0 amide bonds. The smallest absolute Gasteiger partial charge is 0.461 e. The third kappa shape index (κ3) is 2.72. The zero-order valence-corrected chi connectivity index (χ0v) is 10.6. The minimum absolute atomic E-state index is 0.0957. The van der Waals surface area contributed by atoms with Crippen LogP contribution in [0.2, 0.25) is 0 Å². The van der Waals surface area contributed by atoms with Gasteiger partial charge in [0.25, 0.3) is 0 Å². The second-order valence-electron chi connectivity index (χ2n) is 4.07. The number of fused-ring (bicyclic) bond motifs is 1. The molecule has 0 aliphatic carbocycles. The molecule has 0 spiro atoms. The second-order valence-corrected chi connectivity index (χ2v) is 4.07. The van der Waals surface area contributed by atoms with E-state index in [4.69, 9.17) is 4.74 Å². The second kappa shape index (κ2) is 5.33. The van der Waals surface area contributed by atoms with Gasteiger partial charge in [0.1, 0.15) is 0 Å². The summed E-state index contributed by atoms with van der Waals surface area (Å²) in [4.78, 5) is 19.8. The van der Waals surface area contributed by atoms with Gasteiger partial charge in [-0.2, -0.15) is 0 Å². The van der Waals surface area contributed by atoms with Gasteiger partial charge in [-0.05, 0) is 25.5 Å². The Morgan fingerprint density at radius 1 is 1.42 bits per heavy atom. The van der Waals surface area contributed by atoms with Crippen molar-refractivity contribution in [1.82, 2.24) is 9.97 Å². The fourth-order valence-electron chi connectivity index (χ4n) is 1.80. The zero-order valence-electron chi connectivity index (χ0n) is 10.6.